The molecule has 7 heteroatoms. The molecule has 132 valence electrons. The Hall–Kier alpha value is -2.22. The first-order valence-electron chi connectivity index (χ1n) is 8.14. The van der Waals surface area contributed by atoms with Crippen LogP contribution in [0.15, 0.2) is 59.5 Å². The Balaban J connectivity index is 1.57. The summed E-state index contributed by atoms with van der Waals surface area (Å²) in [4.78, 5) is 11.4. The second kappa shape index (κ2) is 7.35. The first-order valence-corrected chi connectivity index (χ1v) is 9.58. The molecule has 1 aliphatic rings. The van der Waals surface area contributed by atoms with Gasteiger partial charge in [-0.05, 0) is 36.2 Å². The van der Waals surface area contributed by atoms with Crippen molar-refractivity contribution >= 4 is 15.9 Å². The highest BCUT2D eigenvalue weighted by Crippen LogP contribution is 2.21. The molecular weight excluding hydrogens is 338 g/mol. The average molecular weight is 359 g/mol. The van der Waals surface area contributed by atoms with Crippen molar-refractivity contribution in [1.29, 1.82) is 0 Å². The fourth-order valence-electron chi connectivity index (χ4n) is 2.90. The molecule has 1 amide bonds. The number of carbonyl (C=O) groups is 1. The first-order chi connectivity index (χ1) is 12.0. The van der Waals surface area contributed by atoms with Gasteiger partial charge in [-0.2, -0.15) is 4.31 Å². The third-order valence-corrected chi connectivity index (χ3v) is 6.24. The van der Waals surface area contributed by atoms with Crippen molar-refractivity contribution in [2.24, 2.45) is 5.73 Å². The van der Waals surface area contributed by atoms with E-state index in [1.165, 1.54) is 4.31 Å². The van der Waals surface area contributed by atoms with Crippen LogP contribution in [0.5, 0.6) is 0 Å². The van der Waals surface area contributed by atoms with Crippen molar-refractivity contribution in [3.63, 3.8) is 0 Å². The first kappa shape index (κ1) is 17.6. The van der Waals surface area contributed by atoms with Gasteiger partial charge in [-0.15, -0.1) is 0 Å². The second-order valence-electron chi connectivity index (χ2n) is 6.10. The molecule has 0 radical (unpaired) electrons. The Morgan fingerprint density at radius 2 is 1.80 bits per heavy atom. The van der Waals surface area contributed by atoms with E-state index in [4.69, 9.17) is 5.73 Å². The summed E-state index contributed by atoms with van der Waals surface area (Å²) in [5.74, 6) is -0.447. The molecule has 1 heterocycles. The van der Waals surface area contributed by atoms with E-state index < -0.39 is 15.9 Å². The predicted molar refractivity (Wildman–Crippen MR) is 95.4 cm³/mol. The number of hydrogen-bond donors (Lipinski definition) is 2. The zero-order valence-electron chi connectivity index (χ0n) is 13.8. The van der Waals surface area contributed by atoms with Crippen molar-refractivity contribution in [1.82, 2.24) is 9.62 Å². The van der Waals surface area contributed by atoms with Crippen molar-refractivity contribution < 1.29 is 13.2 Å². The summed E-state index contributed by atoms with van der Waals surface area (Å²) >= 11 is 0. The number of nitrogens with one attached hydrogen (secondary N) is 1. The molecule has 0 bridgehead atoms. The number of rotatable bonds is 6. The van der Waals surface area contributed by atoms with Crippen LogP contribution in [0.1, 0.15) is 22.3 Å². The lowest BCUT2D eigenvalue weighted by Crippen LogP contribution is -2.34. The number of nitrogens with two attached hydrogens (primary N) is 1. The molecule has 1 fully saturated rings. The number of nitrogens with zero attached hydrogens (tertiary/aromatic N) is 1. The van der Waals surface area contributed by atoms with Crippen LogP contribution < -0.4 is 11.1 Å². The van der Waals surface area contributed by atoms with Gasteiger partial charge < -0.3 is 11.1 Å². The van der Waals surface area contributed by atoms with Crippen molar-refractivity contribution in [2.45, 2.75) is 23.9 Å². The van der Waals surface area contributed by atoms with Crippen LogP contribution >= 0.6 is 0 Å². The van der Waals surface area contributed by atoms with Crippen LogP contribution in [-0.4, -0.2) is 37.8 Å². The van der Waals surface area contributed by atoms with Gasteiger partial charge in [0.1, 0.15) is 0 Å². The number of sulfonamides is 1. The van der Waals surface area contributed by atoms with Gasteiger partial charge in [-0.1, -0.05) is 30.3 Å². The Morgan fingerprint density at radius 3 is 2.44 bits per heavy atom. The summed E-state index contributed by atoms with van der Waals surface area (Å²) < 4.78 is 26.7. The van der Waals surface area contributed by atoms with Crippen molar-refractivity contribution in [3.8, 4) is 0 Å². The summed E-state index contributed by atoms with van der Waals surface area (Å²) in [6.07, 6.45) is 0.769. The molecule has 3 rings (SSSR count). The second-order valence-corrected chi connectivity index (χ2v) is 8.04. The molecule has 1 atom stereocenters. The monoisotopic (exact) mass is 359 g/mol. The van der Waals surface area contributed by atoms with Crippen LogP contribution in [0, 0.1) is 0 Å². The van der Waals surface area contributed by atoms with Gasteiger partial charge in [0.2, 0.25) is 15.9 Å². The number of hydrogen-bond acceptors (Lipinski definition) is 4. The largest absolute Gasteiger partial charge is 0.366 e. The van der Waals surface area contributed by atoms with Gasteiger partial charge in [-0.3, -0.25) is 4.79 Å². The lowest BCUT2D eigenvalue weighted by Gasteiger charge is -2.17. The highest BCUT2D eigenvalue weighted by Gasteiger charge is 2.32. The minimum atomic E-state index is -3.43. The van der Waals surface area contributed by atoms with Gasteiger partial charge in [0.15, 0.2) is 0 Å². The molecule has 0 saturated carbocycles. The maximum Gasteiger partial charge on any atom is 0.248 e. The summed E-state index contributed by atoms with van der Waals surface area (Å²) in [5.41, 5.74) is 6.72. The number of benzene rings is 2. The minimum Gasteiger partial charge on any atom is -0.366 e. The van der Waals surface area contributed by atoms with Gasteiger partial charge in [0, 0.05) is 31.2 Å². The summed E-state index contributed by atoms with van der Waals surface area (Å²) in [7, 11) is -3.43. The van der Waals surface area contributed by atoms with Gasteiger partial charge in [-0.25, -0.2) is 8.42 Å². The van der Waals surface area contributed by atoms with Crippen LogP contribution in [0.3, 0.4) is 0 Å². The van der Waals surface area contributed by atoms with E-state index in [1.54, 1.807) is 42.5 Å². The summed E-state index contributed by atoms with van der Waals surface area (Å²) in [6, 6.07) is 15.7. The molecule has 1 aliphatic heterocycles. The molecule has 0 aromatic heterocycles. The molecule has 2 aromatic rings. The van der Waals surface area contributed by atoms with Gasteiger partial charge in [0.25, 0.3) is 0 Å². The molecule has 0 spiro atoms. The standard InChI is InChI=1S/C18H21N3O3S/c19-18(22)15-8-6-14(7-9-15)12-20-16-10-11-21(13-16)25(23,24)17-4-2-1-3-5-17/h1-9,16,20H,10-13H2,(H2,19,22)/t16-/m0/s1. The normalized spacial score (nSPS) is 18.3. The van der Waals surface area contributed by atoms with Crippen molar-refractivity contribution in [2.75, 3.05) is 13.1 Å². The molecule has 25 heavy (non-hydrogen) atoms. The molecule has 2 aromatic carbocycles. The zero-order valence-corrected chi connectivity index (χ0v) is 14.6. The molecule has 3 N–H and O–H groups in total. The lowest BCUT2D eigenvalue weighted by atomic mass is 10.1. The van der Waals surface area contributed by atoms with E-state index in [1.807, 2.05) is 12.1 Å². The molecule has 1 saturated heterocycles. The Labute approximate surface area is 147 Å². The predicted octanol–water partition coefficient (Wildman–Crippen LogP) is 1.34. The number of primary amides is 1. The van der Waals surface area contributed by atoms with Crippen LogP contribution in [-0.2, 0) is 16.6 Å². The lowest BCUT2D eigenvalue weighted by molar-refractivity contribution is 0.100. The number of carbonyl (C=O) groups excluding carboxylic acids is 1. The van der Waals surface area contributed by atoms with E-state index in [0.717, 1.165) is 12.0 Å². The summed E-state index contributed by atoms with van der Waals surface area (Å²) in [6.45, 7) is 1.58. The maximum atomic E-state index is 12.6. The van der Waals surface area contributed by atoms with Crippen molar-refractivity contribution in [3.05, 3.63) is 65.7 Å². The van der Waals surface area contributed by atoms with E-state index in [-0.39, 0.29) is 6.04 Å². The number of amides is 1. The fraction of sp³-hybridized carbons (Fsp3) is 0.278. The highest BCUT2D eigenvalue weighted by molar-refractivity contribution is 7.89. The molecule has 0 unspecified atom stereocenters. The molecular formula is C18H21N3O3S. The van der Waals surface area contributed by atoms with Gasteiger partial charge >= 0.3 is 0 Å². The third kappa shape index (κ3) is 4.07. The maximum absolute atomic E-state index is 12.6. The third-order valence-electron chi connectivity index (χ3n) is 4.37. The SMILES string of the molecule is NC(=O)c1ccc(CN[C@H]2CCN(S(=O)(=O)c3ccccc3)C2)cc1. The topological polar surface area (TPSA) is 92.5 Å². The Kier molecular flexibility index (Phi) is 5.17. The van der Waals surface area contributed by atoms with E-state index in [9.17, 15) is 13.2 Å². The zero-order chi connectivity index (χ0) is 17.9. The van der Waals surface area contributed by atoms with Crippen LogP contribution in [0.4, 0.5) is 0 Å². The molecule has 0 aliphatic carbocycles. The van der Waals surface area contributed by atoms with E-state index in [0.29, 0.717) is 30.1 Å². The Bertz CT molecular complexity index is 836. The van der Waals surface area contributed by atoms with E-state index >= 15 is 0 Å². The molecule has 6 nitrogen and oxygen atoms in total. The fourth-order valence-corrected chi connectivity index (χ4v) is 4.42. The summed E-state index contributed by atoms with van der Waals surface area (Å²) in [5, 5.41) is 3.38. The average Bonchev–Trinajstić information content (AvgIpc) is 3.11. The minimum absolute atomic E-state index is 0.106. The Morgan fingerprint density at radius 1 is 1.12 bits per heavy atom. The van der Waals surface area contributed by atoms with Gasteiger partial charge in [0.05, 0.1) is 4.90 Å². The highest BCUT2D eigenvalue weighted by atomic mass is 32.2. The van der Waals surface area contributed by atoms with Crippen LogP contribution in [0.25, 0.3) is 0 Å². The van der Waals surface area contributed by atoms with E-state index in [2.05, 4.69) is 5.32 Å². The quantitative estimate of drug-likeness (QED) is 0.814. The van der Waals surface area contributed by atoms with Crippen LogP contribution in [0.2, 0.25) is 0 Å². The smallest absolute Gasteiger partial charge is 0.248 e.